The quantitative estimate of drug-likeness (QED) is 0.382. The van der Waals surface area contributed by atoms with E-state index in [1.165, 1.54) is 6.21 Å². The Morgan fingerprint density at radius 3 is 2.62 bits per heavy atom. The molecule has 8 heteroatoms. The lowest BCUT2D eigenvalue weighted by Crippen LogP contribution is -2.24. The lowest BCUT2D eigenvalue weighted by Gasteiger charge is -2.06. The van der Waals surface area contributed by atoms with Crippen LogP contribution < -0.4 is 11.2 Å². The van der Waals surface area contributed by atoms with Crippen molar-refractivity contribution in [3.63, 3.8) is 0 Å². The first-order valence-corrected chi connectivity index (χ1v) is 6.67. The molecule has 0 aliphatic carbocycles. The highest BCUT2D eigenvalue weighted by molar-refractivity contribution is 9.11. The molecule has 0 radical (unpaired) electrons. The summed E-state index contributed by atoms with van der Waals surface area (Å²) in [5, 5.41) is 13.6. The number of thiocarbonyl (C=S) groups is 1. The van der Waals surface area contributed by atoms with Gasteiger partial charge >= 0.3 is 0 Å². The second-order valence-electron chi connectivity index (χ2n) is 2.65. The second kappa shape index (κ2) is 5.95. The van der Waals surface area contributed by atoms with E-state index in [0.29, 0.717) is 14.5 Å². The maximum atomic E-state index is 9.67. The first-order chi connectivity index (χ1) is 7.43. The number of benzene rings is 1. The largest absolute Gasteiger partial charge is 0.506 e. The maximum absolute atomic E-state index is 9.67. The van der Waals surface area contributed by atoms with Gasteiger partial charge in [-0.3, -0.25) is 5.43 Å². The van der Waals surface area contributed by atoms with Crippen LogP contribution in [-0.2, 0) is 0 Å². The van der Waals surface area contributed by atoms with E-state index < -0.39 is 0 Å². The minimum Gasteiger partial charge on any atom is -0.506 e. The van der Waals surface area contributed by atoms with Crippen molar-refractivity contribution in [1.82, 2.24) is 5.43 Å². The highest BCUT2D eigenvalue weighted by Crippen LogP contribution is 2.38. The number of phenols is 1. The van der Waals surface area contributed by atoms with Gasteiger partial charge in [-0.25, -0.2) is 0 Å². The van der Waals surface area contributed by atoms with Crippen LogP contribution in [0.4, 0.5) is 0 Å². The predicted molar refractivity (Wildman–Crippen MR) is 78.7 cm³/mol. The molecule has 0 heterocycles. The highest BCUT2D eigenvalue weighted by Gasteiger charge is 2.11. The molecule has 86 valence electrons. The van der Waals surface area contributed by atoms with Crippen molar-refractivity contribution in [3.8, 4) is 5.75 Å². The van der Waals surface area contributed by atoms with Crippen molar-refractivity contribution in [2.24, 2.45) is 10.8 Å². The van der Waals surface area contributed by atoms with Crippen molar-refractivity contribution in [2.45, 2.75) is 0 Å². The molecule has 0 aromatic heterocycles. The van der Waals surface area contributed by atoms with Gasteiger partial charge in [0.05, 0.1) is 15.2 Å². The van der Waals surface area contributed by atoms with Crippen LogP contribution in [0.5, 0.6) is 5.75 Å². The van der Waals surface area contributed by atoms with E-state index >= 15 is 0 Å². The third-order valence-electron chi connectivity index (χ3n) is 1.55. The lowest BCUT2D eigenvalue weighted by molar-refractivity contribution is 0.468. The Kier molecular flexibility index (Phi) is 5.16. The van der Waals surface area contributed by atoms with Gasteiger partial charge in [0, 0.05) is 10.0 Å². The second-order valence-corrected chi connectivity index (χ2v) is 5.59. The fourth-order valence-electron chi connectivity index (χ4n) is 0.873. The van der Waals surface area contributed by atoms with Crippen LogP contribution in [0.15, 0.2) is 24.6 Å². The van der Waals surface area contributed by atoms with Crippen molar-refractivity contribution in [1.29, 1.82) is 0 Å². The van der Waals surface area contributed by atoms with Gasteiger partial charge in [-0.05, 0) is 50.1 Å². The summed E-state index contributed by atoms with van der Waals surface area (Å²) in [4.78, 5) is 0. The average molecular weight is 432 g/mol. The minimum absolute atomic E-state index is 0.0739. The molecule has 4 nitrogen and oxygen atoms in total. The monoisotopic (exact) mass is 429 g/mol. The first kappa shape index (κ1) is 13.9. The standard InChI is InChI=1S/C8H6Br3N3OS/c9-4-1-5(10)7(15)6(11)3(4)2-13-14-8(12)16/h1-2,15H,(H3,12,14,16)/b13-2+. The summed E-state index contributed by atoms with van der Waals surface area (Å²) in [6.45, 7) is 0. The molecule has 0 saturated heterocycles. The summed E-state index contributed by atoms with van der Waals surface area (Å²) >= 11 is 14.4. The summed E-state index contributed by atoms with van der Waals surface area (Å²) < 4.78 is 1.85. The van der Waals surface area contributed by atoms with Crippen molar-refractivity contribution in [3.05, 3.63) is 25.0 Å². The summed E-state index contributed by atoms with van der Waals surface area (Å²) in [5.41, 5.74) is 8.31. The summed E-state index contributed by atoms with van der Waals surface area (Å²) in [6.07, 6.45) is 1.49. The highest BCUT2D eigenvalue weighted by atomic mass is 79.9. The molecule has 0 amide bonds. The molecule has 0 bridgehead atoms. The topological polar surface area (TPSA) is 70.6 Å². The molecule has 4 N–H and O–H groups in total. The molecule has 16 heavy (non-hydrogen) atoms. The van der Waals surface area contributed by atoms with Gasteiger partial charge in [-0.2, -0.15) is 5.10 Å². The Morgan fingerprint density at radius 1 is 1.44 bits per heavy atom. The Hall–Kier alpha value is -0.180. The summed E-state index contributed by atoms with van der Waals surface area (Å²) in [7, 11) is 0. The number of hydrogen-bond donors (Lipinski definition) is 3. The Bertz CT molecular complexity index is 464. The van der Waals surface area contributed by atoms with Gasteiger partial charge in [0.15, 0.2) is 5.11 Å². The number of aromatic hydroxyl groups is 1. The molecule has 0 atom stereocenters. The van der Waals surface area contributed by atoms with Gasteiger partial charge < -0.3 is 10.8 Å². The van der Waals surface area contributed by atoms with Crippen LogP contribution in [0, 0.1) is 0 Å². The van der Waals surface area contributed by atoms with Crippen LogP contribution in [0.3, 0.4) is 0 Å². The molecule has 1 aromatic rings. The number of nitrogens with two attached hydrogens (primary N) is 1. The van der Waals surface area contributed by atoms with E-state index in [2.05, 4.69) is 70.5 Å². The number of nitrogens with one attached hydrogen (secondary N) is 1. The van der Waals surface area contributed by atoms with Crippen LogP contribution in [0.2, 0.25) is 0 Å². The minimum atomic E-state index is 0.0739. The van der Waals surface area contributed by atoms with E-state index in [1.807, 2.05) is 0 Å². The molecule has 0 unspecified atom stereocenters. The lowest BCUT2D eigenvalue weighted by atomic mass is 10.2. The molecule has 1 aromatic carbocycles. The molecular weight excluding hydrogens is 426 g/mol. The third kappa shape index (κ3) is 3.41. The first-order valence-electron chi connectivity index (χ1n) is 3.88. The van der Waals surface area contributed by atoms with Gasteiger partial charge in [0.25, 0.3) is 0 Å². The molecule has 0 aliphatic heterocycles. The van der Waals surface area contributed by atoms with Gasteiger partial charge in [0.2, 0.25) is 0 Å². The Morgan fingerprint density at radius 2 is 2.06 bits per heavy atom. The third-order valence-corrected chi connectivity index (χ3v) is 3.70. The average Bonchev–Trinajstić information content (AvgIpc) is 2.19. The molecule has 1 rings (SSSR count). The predicted octanol–water partition coefficient (Wildman–Crippen LogP) is 2.85. The number of hydrogen-bond acceptors (Lipinski definition) is 3. The SMILES string of the molecule is NC(=S)N/N=C/c1c(Br)cc(Br)c(O)c1Br. The van der Waals surface area contributed by atoms with Gasteiger partial charge in [-0.15, -0.1) is 0 Å². The fourth-order valence-corrected chi connectivity index (χ4v) is 3.25. The fraction of sp³-hybridized carbons (Fsp3) is 0. The number of halogens is 3. The van der Waals surface area contributed by atoms with Gasteiger partial charge in [-0.1, -0.05) is 15.9 Å². The Labute approximate surface area is 123 Å². The molecule has 0 spiro atoms. The van der Waals surface area contributed by atoms with E-state index in [9.17, 15) is 5.11 Å². The summed E-state index contributed by atoms with van der Waals surface area (Å²) in [6, 6.07) is 1.71. The van der Waals surface area contributed by atoms with Gasteiger partial charge in [0.1, 0.15) is 5.75 Å². The van der Waals surface area contributed by atoms with Crippen LogP contribution >= 0.6 is 60.0 Å². The van der Waals surface area contributed by atoms with E-state index in [-0.39, 0.29) is 10.9 Å². The van der Waals surface area contributed by atoms with E-state index in [4.69, 9.17) is 5.73 Å². The zero-order valence-corrected chi connectivity index (χ0v) is 13.2. The maximum Gasteiger partial charge on any atom is 0.184 e. The molecule has 0 aliphatic rings. The number of nitrogens with zero attached hydrogens (tertiary/aromatic N) is 1. The molecular formula is C8H6Br3N3OS. The number of rotatable bonds is 2. The van der Waals surface area contributed by atoms with Crippen LogP contribution in [0.1, 0.15) is 5.56 Å². The number of hydrazone groups is 1. The smallest absolute Gasteiger partial charge is 0.184 e. The van der Waals surface area contributed by atoms with E-state index in [0.717, 1.165) is 4.47 Å². The Balaban J connectivity index is 3.09. The number of phenolic OH excluding ortho intramolecular Hbond substituents is 1. The molecule has 0 saturated carbocycles. The van der Waals surface area contributed by atoms with E-state index in [1.54, 1.807) is 6.07 Å². The van der Waals surface area contributed by atoms with Crippen molar-refractivity contribution < 1.29 is 5.11 Å². The van der Waals surface area contributed by atoms with Crippen LogP contribution in [0.25, 0.3) is 0 Å². The van der Waals surface area contributed by atoms with Crippen LogP contribution in [-0.4, -0.2) is 16.4 Å². The molecule has 0 fully saturated rings. The van der Waals surface area contributed by atoms with Crippen molar-refractivity contribution >= 4 is 71.3 Å². The normalized spacial score (nSPS) is 10.7. The van der Waals surface area contributed by atoms with Crippen molar-refractivity contribution in [2.75, 3.05) is 0 Å². The zero-order chi connectivity index (χ0) is 12.3. The summed E-state index contributed by atoms with van der Waals surface area (Å²) in [5.74, 6) is 0.0972. The zero-order valence-electron chi connectivity index (χ0n) is 7.67.